The van der Waals surface area contributed by atoms with E-state index in [0.717, 1.165) is 22.5 Å². The number of ether oxygens (including phenoxy) is 1. The summed E-state index contributed by atoms with van der Waals surface area (Å²) in [6, 6.07) is 16.5. The largest absolute Gasteiger partial charge is 0.482 e. The molecule has 2 aromatic carbocycles. The van der Waals surface area contributed by atoms with Gasteiger partial charge in [-0.05, 0) is 55.8 Å². The molecule has 0 aliphatic carbocycles. The van der Waals surface area contributed by atoms with E-state index in [1.165, 1.54) is 6.08 Å². The first-order valence-electron chi connectivity index (χ1n) is 9.19. The van der Waals surface area contributed by atoms with Crippen LogP contribution in [0.25, 0.3) is 6.08 Å². The van der Waals surface area contributed by atoms with Gasteiger partial charge in [-0.25, -0.2) is 4.79 Å². The van der Waals surface area contributed by atoms with Gasteiger partial charge in [0.1, 0.15) is 5.75 Å². The predicted molar refractivity (Wildman–Crippen MR) is 110 cm³/mol. The molecule has 0 unspecified atom stereocenters. The number of hydrogen-bond donors (Lipinski definition) is 1. The van der Waals surface area contributed by atoms with Crippen LogP contribution in [-0.4, -0.2) is 33.2 Å². The minimum Gasteiger partial charge on any atom is -0.482 e. The Labute approximate surface area is 169 Å². The summed E-state index contributed by atoms with van der Waals surface area (Å²) in [5.41, 5.74) is 4.44. The quantitative estimate of drug-likeness (QED) is 0.466. The van der Waals surface area contributed by atoms with Gasteiger partial charge in [-0.3, -0.25) is 9.48 Å². The highest BCUT2D eigenvalue weighted by molar-refractivity contribution is 6.07. The Morgan fingerprint density at radius 2 is 1.76 bits per heavy atom. The van der Waals surface area contributed by atoms with Crippen molar-refractivity contribution in [1.82, 2.24) is 9.78 Å². The first kappa shape index (κ1) is 20.1. The fourth-order valence-corrected chi connectivity index (χ4v) is 2.98. The number of aliphatic carboxylic acids is 1. The van der Waals surface area contributed by atoms with Gasteiger partial charge < -0.3 is 9.84 Å². The Morgan fingerprint density at radius 3 is 2.41 bits per heavy atom. The molecular formula is C23H22N2O4. The lowest BCUT2D eigenvalue weighted by Gasteiger charge is -2.04. The number of carboxylic acids is 1. The number of nitrogens with zero attached hydrogens (tertiary/aromatic N) is 2. The number of ketones is 1. The van der Waals surface area contributed by atoms with Crippen LogP contribution in [-0.2, 0) is 11.3 Å². The van der Waals surface area contributed by atoms with Gasteiger partial charge in [0.2, 0.25) is 0 Å². The highest BCUT2D eigenvalue weighted by Crippen LogP contribution is 2.18. The van der Waals surface area contributed by atoms with Crippen molar-refractivity contribution in [2.45, 2.75) is 20.4 Å². The molecule has 3 rings (SSSR count). The molecule has 0 fully saturated rings. The third kappa shape index (κ3) is 5.19. The van der Waals surface area contributed by atoms with E-state index in [2.05, 4.69) is 17.2 Å². The van der Waals surface area contributed by atoms with Crippen LogP contribution in [0, 0.1) is 13.8 Å². The summed E-state index contributed by atoms with van der Waals surface area (Å²) in [5.74, 6) is -0.794. The normalized spacial score (nSPS) is 11.0. The second kappa shape index (κ2) is 9.01. The molecule has 29 heavy (non-hydrogen) atoms. The van der Waals surface area contributed by atoms with Crippen molar-refractivity contribution in [3.8, 4) is 5.75 Å². The van der Waals surface area contributed by atoms with Crippen molar-refractivity contribution in [1.29, 1.82) is 0 Å². The van der Waals surface area contributed by atoms with Gasteiger partial charge >= 0.3 is 5.97 Å². The van der Waals surface area contributed by atoms with Gasteiger partial charge in [-0.2, -0.15) is 5.10 Å². The van der Waals surface area contributed by atoms with E-state index in [-0.39, 0.29) is 5.78 Å². The smallest absolute Gasteiger partial charge is 0.341 e. The summed E-state index contributed by atoms with van der Waals surface area (Å²) in [4.78, 5) is 23.0. The number of carbonyl (C=O) groups excluding carboxylic acids is 1. The van der Waals surface area contributed by atoms with Crippen LogP contribution >= 0.6 is 0 Å². The Hall–Kier alpha value is -3.67. The molecule has 0 bridgehead atoms. The molecule has 1 heterocycles. The van der Waals surface area contributed by atoms with E-state index in [1.54, 1.807) is 30.3 Å². The zero-order chi connectivity index (χ0) is 20.8. The van der Waals surface area contributed by atoms with E-state index in [1.807, 2.05) is 36.7 Å². The van der Waals surface area contributed by atoms with E-state index in [9.17, 15) is 9.59 Å². The second-order valence-corrected chi connectivity index (χ2v) is 6.63. The van der Waals surface area contributed by atoms with Gasteiger partial charge in [-0.1, -0.05) is 30.3 Å². The van der Waals surface area contributed by atoms with Gasteiger partial charge in [0.25, 0.3) is 0 Å². The molecule has 1 N–H and O–H groups in total. The second-order valence-electron chi connectivity index (χ2n) is 6.63. The molecule has 0 radical (unpaired) electrons. The molecular weight excluding hydrogens is 368 g/mol. The zero-order valence-corrected chi connectivity index (χ0v) is 16.3. The fraction of sp³-hybridized carbons (Fsp3) is 0.174. The van der Waals surface area contributed by atoms with Gasteiger partial charge in [0, 0.05) is 16.8 Å². The monoisotopic (exact) mass is 390 g/mol. The molecule has 6 heteroatoms. The summed E-state index contributed by atoms with van der Waals surface area (Å²) >= 11 is 0. The van der Waals surface area contributed by atoms with Crippen LogP contribution in [0.3, 0.4) is 0 Å². The highest BCUT2D eigenvalue weighted by atomic mass is 16.5. The van der Waals surface area contributed by atoms with E-state index < -0.39 is 12.6 Å². The predicted octanol–water partition coefficient (Wildman–Crippen LogP) is 3.91. The van der Waals surface area contributed by atoms with E-state index in [0.29, 0.717) is 17.9 Å². The van der Waals surface area contributed by atoms with Crippen molar-refractivity contribution in [2.75, 3.05) is 6.61 Å². The van der Waals surface area contributed by atoms with Crippen molar-refractivity contribution < 1.29 is 19.4 Å². The lowest BCUT2D eigenvalue weighted by Crippen LogP contribution is -2.09. The Kier molecular flexibility index (Phi) is 6.24. The van der Waals surface area contributed by atoms with Crippen molar-refractivity contribution in [3.63, 3.8) is 0 Å². The molecule has 6 nitrogen and oxygen atoms in total. The summed E-state index contributed by atoms with van der Waals surface area (Å²) in [7, 11) is 0. The molecule has 3 aromatic rings. The van der Waals surface area contributed by atoms with Crippen LogP contribution in [0.15, 0.2) is 60.7 Å². The lowest BCUT2D eigenvalue weighted by molar-refractivity contribution is -0.139. The van der Waals surface area contributed by atoms with Crippen molar-refractivity contribution in [3.05, 3.63) is 88.8 Å². The number of aromatic nitrogens is 2. The first-order valence-corrected chi connectivity index (χ1v) is 9.19. The van der Waals surface area contributed by atoms with E-state index in [4.69, 9.17) is 9.84 Å². The average Bonchev–Trinajstić information content (AvgIpc) is 2.98. The molecule has 0 aliphatic heterocycles. The number of aryl methyl sites for hydroxylation is 1. The van der Waals surface area contributed by atoms with Crippen molar-refractivity contribution >= 4 is 17.8 Å². The number of hydrogen-bond acceptors (Lipinski definition) is 4. The maximum Gasteiger partial charge on any atom is 0.341 e. The third-order valence-corrected chi connectivity index (χ3v) is 4.52. The number of carboxylic acid groups (broad SMARTS) is 1. The molecule has 0 spiro atoms. The summed E-state index contributed by atoms with van der Waals surface area (Å²) in [5, 5.41) is 13.2. The number of allylic oxidation sites excluding steroid dienone is 1. The molecule has 1 aromatic heterocycles. The van der Waals surface area contributed by atoms with E-state index >= 15 is 0 Å². The Morgan fingerprint density at radius 1 is 1.07 bits per heavy atom. The SMILES string of the molecule is Cc1nn(Cc2ccccc2)c(C)c1/C=C/C(=O)c1ccc(OCC(=O)O)cc1. The van der Waals surface area contributed by atoms with Crippen LogP contribution < -0.4 is 4.74 Å². The molecule has 0 saturated carbocycles. The first-order chi connectivity index (χ1) is 13.9. The highest BCUT2D eigenvalue weighted by Gasteiger charge is 2.10. The standard InChI is InChI=1S/C23H22N2O4/c1-16-21(17(2)25(24-16)14-18-6-4-3-5-7-18)12-13-22(26)19-8-10-20(11-9-19)29-15-23(27)28/h3-13H,14-15H2,1-2H3,(H,27,28)/b13-12+. The van der Waals surface area contributed by atoms with Gasteiger partial charge in [0.05, 0.1) is 12.2 Å². The Bertz CT molecular complexity index is 1030. The van der Waals surface area contributed by atoms with Gasteiger partial charge in [0.15, 0.2) is 12.4 Å². The van der Waals surface area contributed by atoms with Crippen LogP contribution in [0.5, 0.6) is 5.75 Å². The number of benzene rings is 2. The zero-order valence-electron chi connectivity index (χ0n) is 16.3. The third-order valence-electron chi connectivity index (χ3n) is 4.52. The van der Waals surface area contributed by atoms with Crippen molar-refractivity contribution in [2.24, 2.45) is 0 Å². The minimum atomic E-state index is -1.05. The minimum absolute atomic E-state index is 0.149. The summed E-state index contributed by atoms with van der Waals surface area (Å²) < 4.78 is 7.01. The maximum atomic E-state index is 12.5. The maximum absolute atomic E-state index is 12.5. The molecule has 0 amide bonds. The topological polar surface area (TPSA) is 81.4 Å². The number of rotatable bonds is 8. The molecule has 0 aliphatic rings. The average molecular weight is 390 g/mol. The Balaban J connectivity index is 1.70. The lowest BCUT2D eigenvalue weighted by atomic mass is 10.1. The molecule has 0 atom stereocenters. The van der Waals surface area contributed by atoms with Crippen LogP contribution in [0.2, 0.25) is 0 Å². The molecule has 148 valence electrons. The van der Waals surface area contributed by atoms with Crippen LogP contribution in [0.1, 0.15) is 32.9 Å². The molecule has 0 saturated heterocycles. The number of carbonyl (C=O) groups is 2. The summed E-state index contributed by atoms with van der Waals surface area (Å²) in [6.45, 7) is 4.17. The summed E-state index contributed by atoms with van der Waals surface area (Å²) in [6.07, 6.45) is 3.31. The fourth-order valence-electron chi connectivity index (χ4n) is 2.98. The van der Waals surface area contributed by atoms with Crippen LogP contribution in [0.4, 0.5) is 0 Å². The van der Waals surface area contributed by atoms with Gasteiger partial charge in [-0.15, -0.1) is 0 Å².